The third-order valence-electron chi connectivity index (χ3n) is 4.33. The van der Waals surface area contributed by atoms with E-state index in [-0.39, 0.29) is 17.9 Å². The lowest BCUT2D eigenvalue weighted by atomic mass is 10.0. The summed E-state index contributed by atoms with van der Waals surface area (Å²) in [5.74, 6) is 0.728. The third kappa shape index (κ3) is 3.57. The first kappa shape index (κ1) is 17.3. The normalized spacial score (nSPS) is 15.5. The van der Waals surface area contributed by atoms with E-state index in [0.717, 1.165) is 16.8 Å². The molecule has 7 heteroatoms. The fourth-order valence-electron chi connectivity index (χ4n) is 2.94. The molecule has 2 aromatic carbocycles. The van der Waals surface area contributed by atoms with Gasteiger partial charge in [-0.15, -0.1) is 5.10 Å². The zero-order chi connectivity index (χ0) is 18.8. The van der Waals surface area contributed by atoms with Gasteiger partial charge in [0.1, 0.15) is 6.04 Å². The Morgan fingerprint density at radius 3 is 2.63 bits per heavy atom. The van der Waals surface area contributed by atoms with E-state index >= 15 is 0 Å². The highest BCUT2D eigenvalue weighted by atomic mass is 35.5. The molecule has 3 aromatic rings. The van der Waals surface area contributed by atoms with E-state index in [9.17, 15) is 4.79 Å². The average molecular weight is 380 g/mol. The molecule has 0 aliphatic carbocycles. The molecule has 136 valence electrons. The van der Waals surface area contributed by atoms with E-state index in [4.69, 9.17) is 11.6 Å². The Bertz CT molecular complexity index is 995. The minimum Gasteiger partial charge on any atom is -0.324 e. The van der Waals surface area contributed by atoms with Crippen LogP contribution in [-0.4, -0.2) is 20.7 Å². The number of allylic oxidation sites excluding steroid dienone is 1. The number of rotatable bonds is 4. The van der Waals surface area contributed by atoms with Crippen LogP contribution in [0.3, 0.4) is 0 Å². The third-order valence-corrected chi connectivity index (χ3v) is 4.59. The summed E-state index contributed by atoms with van der Waals surface area (Å²) in [4.78, 5) is 16.2. The van der Waals surface area contributed by atoms with Gasteiger partial charge in [0.2, 0.25) is 11.9 Å². The molecule has 0 saturated heterocycles. The first-order valence-corrected chi connectivity index (χ1v) is 9.08. The number of carbonyl (C=O) groups is 1. The van der Waals surface area contributed by atoms with Gasteiger partial charge in [-0.1, -0.05) is 61.0 Å². The van der Waals surface area contributed by atoms with E-state index in [2.05, 4.69) is 26.8 Å². The van der Waals surface area contributed by atoms with Gasteiger partial charge >= 0.3 is 0 Å². The number of aromatic nitrogens is 3. The van der Waals surface area contributed by atoms with E-state index in [1.807, 2.05) is 54.6 Å². The number of nitrogens with one attached hydrogen (secondary N) is 2. The zero-order valence-corrected chi connectivity index (χ0v) is 15.4. The summed E-state index contributed by atoms with van der Waals surface area (Å²) in [6, 6.07) is 17.5. The molecule has 6 nitrogen and oxygen atoms in total. The first-order chi connectivity index (χ1) is 13.1. The summed E-state index contributed by atoms with van der Waals surface area (Å²) in [5, 5.41) is 11.2. The Morgan fingerprint density at radius 2 is 1.93 bits per heavy atom. The molecule has 2 N–H and O–H groups in total. The summed E-state index contributed by atoms with van der Waals surface area (Å²) in [6.45, 7) is 1.79. The highest BCUT2D eigenvalue weighted by Gasteiger charge is 2.25. The van der Waals surface area contributed by atoms with Gasteiger partial charge < -0.3 is 5.32 Å². The molecule has 27 heavy (non-hydrogen) atoms. The van der Waals surface area contributed by atoms with Crippen molar-refractivity contribution in [2.75, 3.05) is 10.6 Å². The molecule has 0 spiro atoms. The quantitative estimate of drug-likeness (QED) is 0.707. The van der Waals surface area contributed by atoms with Gasteiger partial charge in [0.05, 0.1) is 0 Å². The lowest BCUT2D eigenvalue weighted by Gasteiger charge is -2.24. The Morgan fingerprint density at radius 1 is 1.19 bits per heavy atom. The van der Waals surface area contributed by atoms with Crippen LogP contribution >= 0.6 is 11.6 Å². The van der Waals surface area contributed by atoms with Gasteiger partial charge in [-0.2, -0.15) is 4.98 Å². The largest absolute Gasteiger partial charge is 0.324 e. The van der Waals surface area contributed by atoms with Gasteiger partial charge in [-0.05, 0) is 29.3 Å². The number of hydrogen-bond acceptors (Lipinski definition) is 4. The fraction of sp³-hybridized carbons (Fsp3) is 0.150. The molecule has 1 aliphatic rings. The maximum absolute atomic E-state index is 11.7. The van der Waals surface area contributed by atoms with Crippen molar-refractivity contribution in [3.63, 3.8) is 0 Å². The van der Waals surface area contributed by atoms with E-state index in [1.165, 1.54) is 0 Å². The molecule has 1 atom stereocenters. The van der Waals surface area contributed by atoms with Crippen LogP contribution in [-0.2, 0) is 4.79 Å². The number of amides is 1. The SMILES string of the molecule is CCC(=O)Nc1nc2n(n1)[C@H](c1ccc(Cl)cc1)C=C(c1ccccc1)N2. The minimum atomic E-state index is -0.173. The van der Waals surface area contributed by atoms with Crippen molar-refractivity contribution < 1.29 is 4.79 Å². The van der Waals surface area contributed by atoms with Gasteiger partial charge in [0.25, 0.3) is 5.95 Å². The summed E-state index contributed by atoms with van der Waals surface area (Å²) in [5.41, 5.74) is 3.00. The lowest BCUT2D eigenvalue weighted by molar-refractivity contribution is -0.115. The van der Waals surface area contributed by atoms with E-state index in [0.29, 0.717) is 17.4 Å². The van der Waals surface area contributed by atoms with Gasteiger partial charge in [-0.3, -0.25) is 10.1 Å². The van der Waals surface area contributed by atoms with Crippen molar-refractivity contribution in [3.05, 3.63) is 76.8 Å². The highest BCUT2D eigenvalue weighted by Crippen LogP contribution is 2.33. The van der Waals surface area contributed by atoms with Crippen LogP contribution in [0.2, 0.25) is 5.02 Å². The lowest BCUT2D eigenvalue weighted by Crippen LogP contribution is -2.20. The number of anilines is 2. The van der Waals surface area contributed by atoms with Crippen molar-refractivity contribution in [2.45, 2.75) is 19.4 Å². The molecule has 4 rings (SSSR count). The molecule has 1 aliphatic heterocycles. The van der Waals surface area contributed by atoms with Crippen molar-refractivity contribution in [1.82, 2.24) is 14.8 Å². The topological polar surface area (TPSA) is 71.8 Å². The van der Waals surface area contributed by atoms with Crippen LogP contribution in [0.5, 0.6) is 0 Å². The fourth-order valence-corrected chi connectivity index (χ4v) is 3.07. The van der Waals surface area contributed by atoms with Gasteiger partial charge in [-0.25, -0.2) is 4.68 Å². The van der Waals surface area contributed by atoms with Crippen LogP contribution in [0.25, 0.3) is 5.70 Å². The summed E-state index contributed by atoms with van der Waals surface area (Å²) in [7, 11) is 0. The molecule has 0 fully saturated rings. The van der Waals surface area contributed by atoms with Crippen molar-refractivity contribution in [2.24, 2.45) is 0 Å². The van der Waals surface area contributed by atoms with Gasteiger partial charge in [0, 0.05) is 17.1 Å². The molecular formula is C20H18ClN5O. The summed E-state index contributed by atoms with van der Waals surface area (Å²) in [6.07, 6.45) is 2.46. The van der Waals surface area contributed by atoms with Crippen LogP contribution in [0.1, 0.15) is 30.5 Å². The molecule has 0 unspecified atom stereocenters. The maximum atomic E-state index is 11.7. The molecular weight excluding hydrogens is 362 g/mol. The molecule has 1 amide bonds. The van der Waals surface area contributed by atoms with Crippen LogP contribution in [0, 0.1) is 0 Å². The Labute approximate surface area is 161 Å². The number of fused-ring (bicyclic) bond motifs is 1. The van der Waals surface area contributed by atoms with Crippen LogP contribution in [0.15, 0.2) is 60.7 Å². The first-order valence-electron chi connectivity index (χ1n) is 8.70. The second kappa shape index (κ2) is 7.25. The molecule has 0 saturated carbocycles. The van der Waals surface area contributed by atoms with E-state index in [1.54, 1.807) is 11.6 Å². The predicted molar refractivity (Wildman–Crippen MR) is 107 cm³/mol. The zero-order valence-electron chi connectivity index (χ0n) is 14.7. The minimum absolute atomic E-state index is 0.128. The number of benzene rings is 2. The molecule has 0 radical (unpaired) electrons. The Balaban J connectivity index is 1.77. The van der Waals surface area contributed by atoms with Crippen LogP contribution in [0.4, 0.5) is 11.9 Å². The standard InChI is InChI=1S/C20H18ClN5O/c1-2-18(27)23-19-24-20-22-16(13-6-4-3-5-7-13)12-17(26(20)25-19)14-8-10-15(21)11-9-14/h3-12,17H,2H2,1H3,(H2,22,23,24,25,27)/t17-/m0/s1. The number of nitrogens with zero attached hydrogens (tertiary/aromatic N) is 3. The van der Waals surface area contributed by atoms with Crippen molar-refractivity contribution in [3.8, 4) is 0 Å². The second-order valence-corrected chi connectivity index (χ2v) is 6.61. The van der Waals surface area contributed by atoms with Crippen LogP contribution < -0.4 is 10.6 Å². The molecule has 2 heterocycles. The van der Waals surface area contributed by atoms with Gasteiger partial charge in [0.15, 0.2) is 0 Å². The molecule has 0 bridgehead atoms. The average Bonchev–Trinajstić information content (AvgIpc) is 3.10. The van der Waals surface area contributed by atoms with Crippen molar-refractivity contribution in [1.29, 1.82) is 0 Å². The monoisotopic (exact) mass is 379 g/mol. The second-order valence-electron chi connectivity index (χ2n) is 6.17. The Kier molecular flexibility index (Phi) is 4.64. The molecule has 1 aromatic heterocycles. The summed E-state index contributed by atoms with van der Waals surface area (Å²) < 4.78 is 1.76. The maximum Gasteiger partial charge on any atom is 0.250 e. The smallest absolute Gasteiger partial charge is 0.250 e. The number of hydrogen-bond donors (Lipinski definition) is 2. The number of halogens is 1. The van der Waals surface area contributed by atoms with Crippen molar-refractivity contribution >= 4 is 35.1 Å². The Hall–Kier alpha value is -3.12. The van der Waals surface area contributed by atoms with E-state index < -0.39 is 0 Å². The number of carbonyl (C=O) groups excluding carboxylic acids is 1. The highest BCUT2D eigenvalue weighted by molar-refractivity contribution is 6.30. The predicted octanol–water partition coefficient (Wildman–Crippen LogP) is 4.34. The summed E-state index contributed by atoms with van der Waals surface area (Å²) >= 11 is 6.04.